The van der Waals surface area contributed by atoms with Crippen LogP contribution in [0, 0.1) is 0 Å². The molecule has 0 aliphatic carbocycles. The van der Waals surface area contributed by atoms with Crippen LogP contribution in [-0.4, -0.2) is 128 Å². The van der Waals surface area contributed by atoms with Crippen molar-refractivity contribution in [1.29, 1.82) is 0 Å². The van der Waals surface area contributed by atoms with Gasteiger partial charge in [0.25, 0.3) is 0 Å². The van der Waals surface area contributed by atoms with Gasteiger partial charge in [0, 0.05) is 12.8 Å². The molecule has 0 bridgehead atoms. The van der Waals surface area contributed by atoms with Crippen LogP contribution in [0.25, 0.3) is 0 Å². The third-order valence-electron chi connectivity index (χ3n) is 5.56. The van der Waals surface area contributed by atoms with Crippen molar-refractivity contribution in [2.75, 3.05) is 19.8 Å². The number of ether oxygens (including phenoxy) is 4. The van der Waals surface area contributed by atoms with Gasteiger partial charge in [-0.1, -0.05) is 6.08 Å². The fourth-order valence-electron chi connectivity index (χ4n) is 3.70. The molecule has 36 heavy (non-hydrogen) atoms. The maximum Gasteiger partial charge on any atom is 1.00 e. The third kappa shape index (κ3) is 7.89. The van der Waals surface area contributed by atoms with Gasteiger partial charge in [-0.15, -0.1) is 6.58 Å². The SMILES string of the molecule is C=CCOC1(C(=O)[O-])C[C@@H](O)[C@@H](O)[C@@H]([C@H](O)CO[C@]2(C(=O)[O-])C[C@@H](O)[C@@H](O)[C@@H]([C@H](O)CO)O2)O1.[Na+].[Na+]. The Kier molecular flexibility index (Phi) is 15.2. The second-order valence-corrected chi connectivity index (χ2v) is 8.00. The summed E-state index contributed by atoms with van der Waals surface area (Å²) >= 11 is 0. The summed E-state index contributed by atoms with van der Waals surface area (Å²) < 4.78 is 20.4. The molecule has 2 aliphatic rings. The molecule has 0 saturated carbocycles. The van der Waals surface area contributed by atoms with Gasteiger partial charge in [0.05, 0.1) is 32.0 Å². The number of aliphatic hydroxyl groups excluding tert-OH is 7. The van der Waals surface area contributed by atoms with Gasteiger partial charge < -0.3 is 74.5 Å². The summed E-state index contributed by atoms with van der Waals surface area (Å²) in [5.41, 5.74) is 0. The zero-order valence-corrected chi connectivity index (χ0v) is 23.8. The number of carbonyl (C=O) groups is 2. The van der Waals surface area contributed by atoms with Gasteiger partial charge in [-0.25, -0.2) is 0 Å². The van der Waals surface area contributed by atoms with Crippen LogP contribution in [0.3, 0.4) is 0 Å². The Hall–Kier alpha value is 0.240. The summed E-state index contributed by atoms with van der Waals surface area (Å²) in [7, 11) is 0. The second kappa shape index (κ2) is 15.1. The van der Waals surface area contributed by atoms with Gasteiger partial charge in [0.1, 0.15) is 48.6 Å². The maximum atomic E-state index is 11.8. The molecule has 0 amide bonds. The van der Waals surface area contributed by atoms with Crippen molar-refractivity contribution in [3.05, 3.63) is 12.7 Å². The van der Waals surface area contributed by atoms with Crippen molar-refractivity contribution in [2.45, 2.75) is 73.2 Å². The topological polar surface area (TPSA) is 259 Å². The second-order valence-electron chi connectivity index (χ2n) is 8.00. The third-order valence-corrected chi connectivity index (χ3v) is 5.56. The molecule has 1 unspecified atom stereocenters. The summed E-state index contributed by atoms with van der Waals surface area (Å²) in [6.45, 7) is 0.940. The van der Waals surface area contributed by atoms with E-state index in [0.717, 1.165) is 0 Å². The van der Waals surface area contributed by atoms with Crippen LogP contribution < -0.4 is 69.3 Å². The Morgan fingerprint density at radius 2 is 1.33 bits per heavy atom. The molecule has 2 saturated heterocycles. The largest absolute Gasteiger partial charge is 1.00 e. The normalized spacial score (nSPS) is 38.1. The maximum absolute atomic E-state index is 11.8. The first-order valence-corrected chi connectivity index (χ1v) is 10.2. The predicted molar refractivity (Wildman–Crippen MR) is 99.7 cm³/mol. The molecule has 17 heteroatoms. The first-order chi connectivity index (χ1) is 15.8. The van der Waals surface area contributed by atoms with Crippen molar-refractivity contribution >= 4 is 11.9 Å². The van der Waals surface area contributed by atoms with E-state index in [1.54, 1.807) is 0 Å². The number of rotatable bonds is 11. The fraction of sp³-hybridized carbons (Fsp3) is 0.789. The average molecular weight is 542 g/mol. The van der Waals surface area contributed by atoms with Crippen LogP contribution in [0.4, 0.5) is 0 Å². The molecule has 0 radical (unpaired) electrons. The Morgan fingerprint density at radius 1 is 0.917 bits per heavy atom. The van der Waals surface area contributed by atoms with Crippen LogP contribution in [-0.2, 0) is 28.5 Å². The Morgan fingerprint density at radius 3 is 1.72 bits per heavy atom. The van der Waals surface area contributed by atoms with Crippen LogP contribution in [0.15, 0.2) is 12.7 Å². The van der Waals surface area contributed by atoms with E-state index in [1.165, 1.54) is 6.08 Å². The quantitative estimate of drug-likeness (QED) is 0.0944. The summed E-state index contributed by atoms with van der Waals surface area (Å²) in [6, 6.07) is 0. The molecule has 196 valence electrons. The summed E-state index contributed by atoms with van der Waals surface area (Å²) in [6.07, 6.45) is -15.4. The van der Waals surface area contributed by atoms with E-state index < -0.39 is 98.4 Å². The average Bonchev–Trinajstić information content (AvgIpc) is 2.79. The van der Waals surface area contributed by atoms with E-state index >= 15 is 0 Å². The molecule has 0 aromatic carbocycles. The molecule has 2 aliphatic heterocycles. The van der Waals surface area contributed by atoms with E-state index in [2.05, 4.69) is 6.58 Å². The Balaban J connectivity index is 0.00000612. The van der Waals surface area contributed by atoms with Crippen molar-refractivity contribution in [1.82, 2.24) is 0 Å². The zero-order valence-electron chi connectivity index (χ0n) is 19.8. The monoisotopic (exact) mass is 542 g/mol. The molecule has 10 atom stereocenters. The first kappa shape index (κ1) is 36.2. The number of carboxylic acids is 2. The van der Waals surface area contributed by atoms with Gasteiger partial charge in [-0.2, -0.15) is 0 Å². The molecule has 0 aromatic heterocycles. The van der Waals surface area contributed by atoms with Gasteiger partial charge in [-0.3, -0.25) is 0 Å². The summed E-state index contributed by atoms with van der Waals surface area (Å²) in [5, 5.41) is 93.1. The van der Waals surface area contributed by atoms with Crippen molar-refractivity contribution in [2.24, 2.45) is 0 Å². The minimum absolute atomic E-state index is 0. The predicted octanol–water partition coefficient (Wildman–Crippen LogP) is -13.2. The fourth-order valence-corrected chi connectivity index (χ4v) is 3.70. The minimum Gasteiger partial charge on any atom is -0.544 e. The van der Waals surface area contributed by atoms with E-state index in [-0.39, 0.29) is 65.7 Å². The first-order valence-electron chi connectivity index (χ1n) is 10.2. The van der Waals surface area contributed by atoms with Crippen molar-refractivity contribution in [3.63, 3.8) is 0 Å². The van der Waals surface area contributed by atoms with Crippen molar-refractivity contribution < 1.29 is 134 Å². The van der Waals surface area contributed by atoms with Crippen LogP contribution >= 0.6 is 0 Å². The standard InChI is InChI=1S/C19H30O15.2Na/c1-2-3-31-18(16(27)28)4-8(21)13(26)15(34-18)11(24)7-32-19(17(29)30)5-9(22)12(25)14(33-19)10(23)6-20;;/h2,8-15,20-26H,1,3-7H2,(H,27,28)(H,29,30);;/q;2*+1/p-2/t8-,9-,10-,11-,12-,13-,14-,15-,18?,19-;;/m1../s1. The zero-order chi connectivity index (χ0) is 25.8. The molecule has 15 nitrogen and oxygen atoms in total. The number of hydrogen-bond donors (Lipinski definition) is 7. The molecule has 0 aromatic rings. The van der Waals surface area contributed by atoms with Gasteiger partial charge in [0.15, 0.2) is 0 Å². The number of aliphatic hydroxyl groups is 7. The molecule has 0 spiro atoms. The number of carboxylic acid groups (broad SMARTS) is 2. The van der Waals surface area contributed by atoms with Gasteiger partial charge >= 0.3 is 59.1 Å². The van der Waals surface area contributed by atoms with E-state index in [9.17, 15) is 50.4 Å². The number of hydrogen-bond acceptors (Lipinski definition) is 15. The van der Waals surface area contributed by atoms with Crippen LogP contribution in [0.5, 0.6) is 0 Å². The number of aliphatic carboxylic acids is 2. The molecule has 7 N–H and O–H groups in total. The van der Waals surface area contributed by atoms with E-state index in [0.29, 0.717) is 0 Å². The molecule has 2 heterocycles. The van der Waals surface area contributed by atoms with Crippen LogP contribution in [0.1, 0.15) is 12.8 Å². The van der Waals surface area contributed by atoms with E-state index in [1.807, 2.05) is 0 Å². The Labute approximate surface area is 249 Å². The number of carbonyl (C=O) groups excluding carboxylic acids is 2. The summed E-state index contributed by atoms with van der Waals surface area (Å²) in [5.74, 6) is -9.45. The van der Waals surface area contributed by atoms with Crippen molar-refractivity contribution in [3.8, 4) is 0 Å². The smallest absolute Gasteiger partial charge is 0.544 e. The molecule has 2 rings (SSSR count). The molecular formula is C19H28Na2O15. The summed E-state index contributed by atoms with van der Waals surface area (Å²) in [4.78, 5) is 23.4. The molecule has 2 fully saturated rings. The van der Waals surface area contributed by atoms with Gasteiger partial charge in [-0.05, 0) is 0 Å². The minimum atomic E-state index is -2.84. The van der Waals surface area contributed by atoms with Gasteiger partial charge in [0.2, 0.25) is 11.6 Å². The molecular weight excluding hydrogens is 514 g/mol. The van der Waals surface area contributed by atoms with Crippen LogP contribution in [0.2, 0.25) is 0 Å². The Bertz CT molecular complexity index is 744. The van der Waals surface area contributed by atoms with E-state index in [4.69, 9.17) is 24.1 Å².